The fourth-order valence-corrected chi connectivity index (χ4v) is 5.44. The zero-order chi connectivity index (χ0) is 24.8. The lowest BCUT2D eigenvalue weighted by Gasteiger charge is -2.39. The van der Waals surface area contributed by atoms with Crippen LogP contribution in [0.15, 0.2) is 89.8 Å². The standard InChI is InChI=1S/C27H32N4O3S/c1-22(30-17-19-31(20-18-30)25-11-7-4-8-12-25)21-28-27(32)23-13-15-26(16-14-23)35(33,34)29(2)24-9-5-3-6-10-24/h3-16,22H,17-21H2,1-2H3,(H,28,32). The first-order valence-electron chi connectivity index (χ1n) is 11.8. The molecular formula is C27H32N4O3S. The van der Waals surface area contributed by atoms with E-state index in [4.69, 9.17) is 0 Å². The molecule has 1 saturated heterocycles. The third kappa shape index (κ3) is 5.83. The van der Waals surface area contributed by atoms with E-state index in [1.807, 2.05) is 12.1 Å². The molecule has 0 aliphatic carbocycles. The average molecular weight is 493 g/mol. The van der Waals surface area contributed by atoms with Gasteiger partial charge in [0, 0.05) is 57.1 Å². The molecule has 1 heterocycles. The Bertz CT molecular complexity index is 1210. The van der Waals surface area contributed by atoms with Crippen molar-refractivity contribution in [2.45, 2.75) is 17.9 Å². The van der Waals surface area contributed by atoms with Gasteiger partial charge in [0.15, 0.2) is 0 Å². The number of nitrogens with zero attached hydrogens (tertiary/aromatic N) is 3. The highest BCUT2D eigenvalue weighted by Crippen LogP contribution is 2.22. The first kappa shape index (κ1) is 24.8. The van der Waals surface area contributed by atoms with Gasteiger partial charge in [0.1, 0.15) is 0 Å². The number of sulfonamides is 1. The number of carbonyl (C=O) groups excluding carboxylic acids is 1. The summed E-state index contributed by atoms with van der Waals surface area (Å²) in [6, 6.07) is 25.6. The van der Waals surface area contributed by atoms with Crippen LogP contribution in [-0.2, 0) is 10.0 Å². The fraction of sp³-hybridized carbons (Fsp3) is 0.296. The molecule has 1 atom stereocenters. The number of hydrogen-bond acceptors (Lipinski definition) is 5. The second-order valence-corrected chi connectivity index (χ2v) is 10.7. The molecule has 0 saturated carbocycles. The minimum absolute atomic E-state index is 0.144. The van der Waals surface area contributed by atoms with Crippen molar-refractivity contribution >= 4 is 27.3 Å². The minimum atomic E-state index is -3.71. The van der Waals surface area contributed by atoms with Crippen LogP contribution in [0.2, 0.25) is 0 Å². The number of rotatable bonds is 8. The molecule has 35 heavy (non-hydrogen) atoms. The quantitative estimate of drug-likeness (QED) is 0.522. The van der Waals surface area contributed by atoms with Crippen molar-refractivity contribution in [1.82, 2.24) is 10.2 Å². The molecule has 1 unspecified atom stereocenters. The largest absolute Gasteiger partial charge is 0.369 e. The lowest BCUT2D eigenvalue weighted by Crippen LogP contribution is -2.52. The number of piperazine rings is 1. The normalized spacial score (nSPS) is 15.4. The van der Waals surface area contributed by atoms with Gasteiger partial charge in [-0.25, -0.2) is 8.42 Å². The van der Waals surface area contributed by atoms with Crippen molar-refractivity contribution in [3.63, 3.8) is 0 Å². The summed E-state index contributed by atoms with van der Waals surface area (Å²) in [5, 5.41) is 2.99. The summed E-state index contributed by atoms with van der Waals surface area (Å²) in [5.41, 5.74) is 2.26. The molecule has 0 aromatic heterocycles. The molecular weight excluding hydrogens is 460 g/mol. The maximum absolute atomic E-state index is 12.9. The summed E-state index contributed by atoms with van der Waals surface area (Å²) in [4.78, 5) is 17.6. The van der Waals surface area contributed by atoms with Crippen molar-refractivity contribution in [3.8, 4) is 0 Å². The molecule has 1 aliphatic rings. The Morgan fingerprint density at radius 3 is 2.06 bits per heavy atom. The van der Waals surface area contributed by atoms with Gasteiger partial charge in [0.2, 0.25) is 0 Å². The molecule has 0 spiro atoms. The van der Waals surface area contributed by atoms with Gasteiger partial charge in [-0.1, -0.05) is 36.4 Å². The Hall–Kier alpha value is -3.36. The van der Waals surface area contributed by atoms with Crippen LogP contribution in [0.5, 0.6) is 0 Å². The average Bonchev–Trinajstić information content (AvgIpc) is 2.92. The second-order valence-electron chi connectivity index (χ2n) is 8.75. The van der Waals surface area contributed by atoms with E-state index in [0.717, 1.165) is 26.2 Å². The van der Waals surface area contributed by atoms with Crippen LogP contribution in [0.4, 0.5) is 11.4 Å². The van der Waals surface area contributed by atoms with Crippen LogP contribution in [0.25, 0.3) is 0 Å². The smallest absolute Gasteiger partial charge is 0.264 e. The van der Waals surface area contributed by atoms with Crippen LogP contribution < -0.4 is 14.5 Å². The SMILES string of the molecule is CC(CNC(=O)c1ccc(S(=O)(=O)N(C)c2ccccc2)cc1)N1CCN(c2ccccc2)CC1. The number of anilines is 2. The van der Waals surface area contributed by atoms with Gasteiger partial charge in [0.25, 0.3) is 15.9 Å². The van der Waals surface area contributed by atoms with Crippen molar-refractivity contribution in [2.24, 2.45) is 0 Å². The van der Waals surface area contributed by atoms with Crippen LogP contribution in [0.1, 0.15) is 17.3 Å². The second kappa shape index (κ2) is 10.9. The zero-order valence-electron chi connectivity index (χ0n) is 20.2. The summed E-state index contributed by atoms with van der Waals surface area (Å²) >= 11 is 0. The van der Waals surface area contributed by atoms with E-state index in [1.165, 1.54) is 29.2 Å². The topological polar surface area (TPSA) is 73.0 Å². The van der Waals surface area contributed by atoms with Gasteiger partial charge >= 0.3 is 0 Å². The predicted molar refractivity (Wildman–Crippen MR) is 140 cm³/mol. The Morgan fingerprint density at radius 1 is 0.886 bits per heavy atom. The maximum Gasteiger partial charge on any atom is 0.264 e. The third-order valence-electron chi connectivity index (χ3n) is 6.51. The van der Waals surface area contributed by atoms with E-state index < -0.39 is 10.0 Å². The number of amides is 1. The number of benzene rings is 3. The van der Waals surface area contributed by atoms with E-state index in [0.29, 0.717) is 17.8 Å². The van der Waals surface area contributed by atoms with E-state index in [2.05, 4.69) is 46.3 Å². The lowest BCUT2D eigenvalue weighted by atomic mass is 10.2. The van der Waals surface area contributed by atoms with Crippen LogP contribution in [0.3, 0.4) is 0 Å². The van der Waals surface area contributed by atoms with Gasteiger partial charge in [-0.3, -0.25) is 14.0 Å². The number of para-hydroxylation sites is 2. The zero-order valence-corrected chi connectivity index (χ0v) is 21.0. The lowest BCUT2D eigenvalue weighted by molar-refractivity contribution is 0.0934. The van der Waals surface area contributed by atoms with E-state index in [9.17, 15) is 13.2 Å². The molecule has 1 N–H and O–H groups in total. The number of carbonyl (C=O) groups is 1. The molecule has 0 radical (unpaired) electrons. The van der Waals surface area contributed by atoms with Gasteiger partial charge in [-0.05, 0) is 55.5 Å². The molecule has 184 valence electrons. The minimum Gasteiger partial charge on any atom is -0.369 e. The Morgan fingerprint density at radius 2 is 1.46 bits per heavy atom. The van der Waals surface area contributed by atoms with Gasteiger partial charge in [-0.2, -0.15) is 0 Å². The van der Waals surface area contributed by atoms with Gasteiger partial charge in [-0.15, -0.1) is 0 Å². The molecule has 8 heteroatoms. The van der Waals surface area contributed by atoms with Crippen molar-refractivity contribution in [1.29, 1.82) is 0 Å². The Balaban J connectivity index is 1.29. The Labute approximate surface area is 208 Å². The van der Waals surface area contributed by atoms with Crippen LogP contribution >= 0.6 is 0 Å². The highest BCUT2D eigenvalue weighted by Gasteiger charge is 2.23. The summed E-state index contributed by atoms with van der Waals surface area (Å²) in [6.45, 7) is 6.43. The predicted octanol–water partition coefficient (Wildman–Crippen LogP) is 3.45. The first-order valence-corrected chi connectivity index (χ1v) is 13.3. The van der Waals surface area contributed by atoms with Crippen molar-refractivity contribution in [3.05, 3.63) is 90.5 Å². The third-order valence-corrected chi connectivity index (χ3v) is 8.31. The monoisotopic (exact) mass is 492 g/mol. The van der Waals surface area contributed by atoms with E-state index >= 15 is 0 Å². The van der Waals surface area contributed by atoms with Crippen molar-refractivity contribution < 1.29 is 13.2 Å². The van der Waals surface area contributed by atoms with Gasteiger partial charge in [0.05, 0.1) is 10.6 Å². The van der Waals surface area contributed by atoms with Crippen LogP contribution in [0, 0.1) is 0 Å². The molecule has 1 fully saturated rings. The number of hydrogen-bond donors (Lipinski definition) is 1. The molecule has 3 aromatic rings. The fourth-order valence-electron chi connectivity index (χ4n) is 4.24. The van der Waals surface area contributed by atoms with E-state index in [-0.39, 0.29) is 16.8 Å². The first-order chi connectivity index (χ1) is 16.9. The molecule has 3 aromatic carbocycles. The highest BCUT2D eigenvalue weighted by atomic mass is 32.2. The summed E-state index contributed by atoms with van der Waals surface area (Å²) in [6.07, 6.45) is 0. The molecule has 0 bridgehead atoms. The number of nitrogens with one attached hydrogen (secondary N) is 1. The van der Waals surface area contributed by atoms with E-state index in [1.54, 1.807) is 36.4 Å². The summed E-state index contributed by atoms with van der Waals surface area (Å²) in [5.74, 6) is -0.208. The maximum atomic E-state index is 12.9. The van der Waals surface area contributed by atoms with Gasteiger partial charge < -0.3 is 10.2 Å². The highest BCUT2D eigenvalue weighted by molar-refractivity contribution is 7.92. The Kier molecular flexibility index (Phi) is 7.73. The van der Waals surface area contributed by atoms with Crippen LogP contribution in [-0.4, -0.2) is 65.0 Å². The molecule has 1 amide bonds. The summed E-state index contributed by atoms with van der Waals surface area (Å²) < 4.78 is 27.1. The molecule has 4 rings (SSSR count). The molecule has 1 aliphatic heterocycles. The summed E-state index contributed by atoms with van der Waals surface area (Å²) in [7, 11) is -2.19. The van der Waals surface area contributed by atoms with Crippen molar-refractivity contribution in [2.75, 3.05) is 49.0 Å². The molecule has 7 nitrogen and oxygen atoms in total.